The van der Waals surface area contributed by atoms with Crippen LogP contribution < -0.4 is 20.1 Å². The van der Waals surface area contributed by atoms with Gasteiger partial charge >= 0.3 is 0 Å². The fraction of sp³-hybridized carbons (Fsp3) is 0.154. The molecule has 0 spiro atoms. The van der Waals surface area contributed by atoms with E-state index in [1.165, 1.54) is 0 Å². The second-order valence-corrected chi connectivity index (χ2v) is 8.11. The molecule has 0 saturated heterocycles. The summed E-state index contributed by atoms with van der Waals surface area (Å²) in [6.07, 6.45) is 0. The number of H-pyrrole nitrogens is 1. The van der Waals surface area contributed by atoms with Crippen LogP contribution in [-0.4, -0.2) is 23.6 Å². The summed E-state index contributed by atoms with van der Waals surface area (Å²) in [5.41, 5.74) is 5.03. The Balaban J connectivity index is 1.42. The lowest BCUT2D eigenvalue weighted by Crippen LogP contribution is -2.25. The fourth-order valence-electron chi connectivity index (χ4n) is 3.82. The smallest absolute Gasteiger partial charge is 0.270 e. The van der Waals surface area contributed by atoms with Gasteiger partial charge in [0.05, 0.1) is 5.69 Å². The number of hydrogen-bond acceptors (Lipinski definition) is 4. The lowest BCUT2D eigenvalue weighted by atomic mass is 10.1. The van der Waals surface area contributed by atoms with Crippen molar-refractivity contribution in [2.24, 2.45) is 0 Å². The maximum absolute atomic E-state index is 13.1. The zero-order chi connectivity index (χ0) is 22.9. The molecule has 5 rings (SSSR count). The highest BCUT2D eigenvalue weighted by Gasteiger charge is 2.21. The van der Waals surface area contributed by atoms with E-state index in [0.717, 1.165) is 27.6 Å². The van der Waals surface area contributed by atoms with Crippen LogP contribution in [0.2, 0.25) is 0 Å². The van der Waals surface area contributed by atoms with E-state index in [4.69, 9.17) is 9.47 Å². The molecule has 3 N–H and O–H groups in total. The molecule has 4 aromatic rings. The molecule has 7 nitrogen and oxygen atoms in total. The molecule has 1 aliphatic rings. The van der Waals surface area contributed by atoms with Crippen molar-refractivity contribution in [3.63, 3.8) is 0 Å². The molecule has 0 saturated carbocycles. The van der Waals surface area contributed by atoms with Gasteiger partial charge in [-0.2, -0.15) is 0 Å². The molecule has 2 amide bonds. The molecular weight excluding hydrogens is 418 g/mol. The molecule has 7 heteroatoms. The molecule has 0 radical (unpaired) electrons. The number of anilines is 1. The van der Waals surface area contributed by atoms with Crippen LogP contribution in [0.4, 0.5) is 5.69 Å². The van der Waals surface area contributed by atoms with E-state index in [0.29, 0.717) is 35.0 Å². The van der Waals surface area contributed by atoms with Crippen LogP contribution in [0, 0.1) is 13.8 Å². The van der Waals surface area contributed by atoms with Crippen LogP contribution in [0.15, 0.2) is 60.7 Å². The molecule has 0 bridgehead atoms. The minimum Gasteiger partial charge on any atom is -0.454 e. The quantitative estimate of drug-likeness (QED) is 0.419. The summed E-state index contributed by atoms with van der Waals surface area (Å²) in [4.78, 5) is 29.2. The number of aryl methyl sites for hydroxylation is 2. The summed E-state index contributed by atoms with van der Waals surface area (Å²) in [6.45, 7) is 4.43. The summed E-state index contributed by atoms with van der Waals surface area (Å²) >= 11 is 0. The first kappa shape index (κ1) is 20.6. The van der Waals surface area contributed by atoms with Gasteiger partial charge in [0.25, 0.3) is 11.8 Å². The second-order valence-electron chi connectivity index (χ2n) is 8.11. The van der Waals surface area contributed by atoms with E-state index in [2.05, 4.69) is 15.6 Å². The Hall–Kier alpha value is -4.26. The van der Waals surface area contributed by atoms with Crippen molar-refractivity contribution in [1.82, 2.24) is 10.3 Å². The number of carbonyl (C=O) groups excluding carboxylic acids is 2. The summed E-state index contributed by atoms with van der Waals surface area (Å²) in [5, 5.41) is 6.65. The molecule has 1 aliphatic heterocycles. The zero-order valence-electron chi connectivity index (χ0n) is 18.3. The van der Waals surface area contributed by atoms with Gasteiger partial charge in [-0.1, -0.05) is 35.4 Å². The van der Waals surface area contributed by atoms with Crippen LogP contribution >= 0.6 is 0 Å². The third-order valence-electron chi connectivity index (χ3n) is 5.62. The molecule has 0 fully saturated rings. The van der Waals surface area contributed by atoms with Gasteiger partial charge in [0.15, 0.2) is 11.5 Å². The first-order valence-corrected chi connectivity index (χ1v) is 10.6. The average Bonchev–Trinajstić information content (AvgIpc) is 3.42. The first-order valence-electron chi connectivity index (χ1n) is 10.6. The van der Waals surface area contributed by atoms with E-state index in [-0.39, 0.29) is 18.6 Å². The number of aromatic amines is 1. The minimum atomic E-state index is -0.319. The Kier molecular flexibility index (Phi) is 5.22. The molecule has 3 aromatic carbocycles. The van der Waals surface area contributed by atoms with Crippen LogP contribution in [0.5, 0.6) is 11.5 Å². The summed E-state index contributed by atoms with van der Waals surface area (Å²) < 4.78 is 10.7. The Labute approximate surface area is 190 Å². The van der Waals surface area contributed by atoms with Crippen molar-refractivity contribution in [3.05, 3.63) is 88.6 Å². The Morgan fingerprint density at radius 2 is 1.64 bits per heavy atom. The SMILES string of the molecule is Cc1ccc(C(=O)Nc2c(C(=O)NCc3ccc4c(c3)OCO4)[nH]c3ccc(C)cc23)cc1. The predicted molar refractivity (Wildman–Crippen MR) is 126 cm³/mol. The van der Waals surface area contributed by atoms with Crippen molar-refractivity contribution >= 4 is 28.4 Å². The number of nitrogens with one attached hydrogen (secondary N) is 3. The molecule has 33 heavy (non-hydrogen) atoms. The molecule has 0 atom stereocenters. The Bertz CT molecular complexity index is 1370. The van der Waals surface area contributed by atoms with Gasteiger partial charge in [0, 0.05) is 23.0 Å². The standard InChI is InChI=1S/C26H23N3O4/c1-15-3-7-18(8-4-15)25(30)29-23-19-11-16(2)5-9-20(19)28-24(23)26(31)27-13-17-6-10-21-22(12-17)33-14-32-21/h3-12,28H,13-14H2,1-2H3,(H,27,31)(H,29,30). The Morgan fingerprint density at radius 1 is 0.879 bits per heavy atom. The van der Waals surface area contributed by atoms with Gasteiger partial charge in [-0.15, -0.1) is 0 Å². The highest BCUT2D eigenvalue weighted by molar-refractivity contribution is 6.15. The van der Waals surface area contributed by atoms with Crippen molar-refractivity contribution in [1.29, 1.82) is 0 Å². The summed E-state index contributed by atoms with van der Waals surface area (Å²) in [7, 11) is 0. The number of amides is 2. The normalized spacial score (nSPS) is 12.1. The van der Waals surface area contributed by atoms with Crippen molar-refractivity contribution in [3.8, 4) is 11.5 Å². The van der Waals surface area contributed by atoms with Crippen LogP contribution in [-0.2, 0) is 6.54 Å². The van der Waals surface area contributed by atoms with Crippen molar-refractivity contribution in [2.75, 3.05) is 12.1 Å². The second kappa shape index (κ2) is 8.35. The lowest BCUT2D eigenvalue weighted by molar-refractivity contribution is 0.0947. The number of benzene rings is 3. The van der Waals surface area contributed by atoms with Gasteiger partial charge in [-0.05, 0) is 55.8 Å². The molecule has 2 heterocycles. The number of carbonyl (C=O) groups is 2. The monoisotopic (exact) mass is 441 g/mol. The topological polar surface area (TPSA) is 92.5 Å². The van der Waals surface area contributed by atoms with Gasteiger partial charge in [-0.3, -0.25) is 9.59 Å². The largest absolute Gasteiger partial charge is 0.454 e. The summed E-state index contributed by atoms with van der Waals surface area (Å²) in [6, 6.07) is 18.7. The van der Waals surface area contributed by atoms with Gasteiger partial charge in [-0.25, -0.2) is 0 Å². The molecule has 1 aromatic heterocycles. The lowest BCUT2D eigenvalue weighted by Gasteiger charge is -2.09. The molecule has 0 unspecified atom stereocenters. The molecular formula is C26H23N3O4. The van der Waals surface area contributed by atoms with Gasteiger partial charge in [0.2, 0.25) is 6.79 Å². The maximum Gasteiger partial charge on any atom is 0.270 e. The number of fused-ring (bicyclic) bond motifs is 2. The number of aromatic nitrogens is 1. The summed E-state index contributed by atoms with van der Waals surface area (Å²) in [5.74, 6) is 0.758. The van der Waals surface area contributed by atoms with Gasteiger partial charge in [0.1, 0.15) is 5.69 Å². The number of ether oxygens (including phenoxy) is 2. The van der Waals surface area contributed by atoms with Crippen LogP contribution in [0.1, 0.15) is 37.5 Å². The fourth-order valence-corrected chi connectivity index (χ4v) is 3.82. The predicted octanol–water partition coefficient (Wildman–Crippen LogP) is 4.70. The van der Waals surface area contributed by atoms with Crippen LogP contribution in [0.25, 0.3) is 10.9 Å². The van der Waals surface area contributed by atoms with E-state index in [9.17, 15) is 9.59 Å². The Morgan fingerprint density at radius 3 is 2.45 bits per heavy atom. The zero-order valence-corrected chi connectivity index (χ0v) is 18.3. The van der Waals surface area contributed by atoms with Crippen molar-refractivity contribution in [2.45, 2.75) is 20.4 Å². The van der Waals surface area contributed by atoms with E-state index in [1.54, 1.807) is 12.1 Å². The highest BCUT2D eigenvalue weighted by Crippen LogP contribution is 2.33. The van der Waals surface area contributed by atoms with Gasteiger partial charge < -0.3 is 25.1 Å². The number of hydrogen-bond donors (Lipinski definition) is 3. The highest BCUT2D eigenvalue weighted by atomic mass is 16.7. The average molecular weight is 441 g/mol. The molecule has 166 valence electrons. The van der Waals surface area contributed by atoms with Crippen molar-refractivity contribution < 1.29 is 19.1 Å². The van der Waals surface area contributed by atoms with E-state index >= 15 is 0 Å². The van der Waals surface area contributed by atoms with Crippen LogP contribution in [0.3, 0.4) is 0 Å². The van der Waals surface area contributed by atoms with E-state index < -0.39 is 0 Å². The molecule has 0 aliphatic carbocycles. The minimum absolute atomic E-state index is 0.198. The maximum atomic E-state index is 13.1. The number of rotatable bonds is 5. The first-order chi connectivity index (χ1) is 16.0. The third kappa shape index (κ3) is 4.13. The van der Waals surface area contributed by atoms with E-state index in [1.807, 2.05) is 62.4 Å². The third-order valence-corrected chi connectivity index (χ3v) is 5.62.